The Morgan fingerprint density at radius 2 is 2.20 bits per heavy atom. The van der Waals surface area contributed by atoms with E-state index in [-0.39, 0.29) is 23.5 Å². The van der Waals surface area contributed by atoms with Crippen LogP contribution in [-0.4, -0.2) is 24.7 Å². The van der Waals surface area contributed by atoms with Gasteiger partial charge in [-0.2, -0.15) is 0 Å². The predicted molar refractivity (Wildman–Crippen MR) is 78.5 cm³/mol. The molecule has 108 valence electrons. The predicted octanol–water partition coefficient (Wildman–Crippen LogP) is 2.12. The second-order valence-corrected chi connectivity index (χ2v) is 6.59. The average Bonchev–Trinajstić information content (AvgIpc) is 2.85. The van der Waals surface area contributed by atoms with E-state index in [0.717, 1.165) is 18.6 Å². The minimum Gasteiger partial charge on any atom is -0.399 e. The number of fused-ring (bicyclic) bond motifs is 1. The van der Waals surface area contributed by atoms with Crippen LogP contribution in [0.3, 0.4) is 0 Å². The molecule has 4 heteroatoms. The van der Waals surface area contributed by atoms with Crippen LogP contribution in [0.4, 0.5) is 5.69 Å². The van der Waals surface area contributed by atoms with Crippen LogP contribution in [0.5, 0.6) is 0 Å². The molecular weight excluding hydrogens is 252 g/mol. The van der Waals surface area contributed by atoms with Crippen molar-refractivity contribution in [2.45, 2.75) is 39.3 Å². The number of hydrogen-bond acceptors (Lipinski definition) is 3. The van der Waals surface area contributed by atoms with Crippen molar-refractivity contribution in [2.24, 2.45) is 11.3 Å². The Morgan fingerprint density at radius 1 is 1.45 bits per heavy atom. The first kappa shape index (κ1) is 13.4. The van der Waals surface area contributed by atoms with Crippen LogP contribution in [0.25, 0.3) is 0 Å². The first-order valence-corrected chi connectivity index (χ1v) is 7.20. The Balaban J connectivity index is 1.78. The molecule has 1 heterocycles. The third-order valence-electron chi connectivity index (χ3n) is 4.89. The van der Waals surface area contributed by atoms with Crippen molar-refractivity contribution in [3.63, 3.8) is 0 Å². The molecule has 0 spiro atoms. The van der Waals surface area contributed by atoms with Gasteiger partial charge in [0.1, 0.15) is 0 Å². The van der Waals surface area contributed by atoms with Crippen LogP contribution in [0.15, 0.2) is 18.2 Å². The van der Waals surface area contributed by atoms with Crippen LogP contribution in [-0.2, 0) is 4.74 Å². The summed E-state index contributed by atoms with van der Waals surface area (Å²) < 4.78 is 5.76. The minimum atomic E-state index is -0.0294. The number of anilines is 1. The highest BCUT2D eigenvalue weighted by Crippen LogP contribution is 2.52. The van der Waals surface area contributed by atoms with Gasteiger partial charge in [0.2, 0.25) is 0 Å². The summed E-state index contributed by atoms with van der Waals surface area (Å²) in [5, 5.41) is 3.19. The van der Waals surface area contributed by atoms with Crippen molar-refractivity contribution in [3.8, 4) is 0 Å². The number of hydrogen-bond donors (Lipinski definition) is 2. The quantitative estimate of drug-likeness (QED) is 0.812. The number of rotatable bonds is 2. The van der Waals surface area contributed by atoms with Gasteiger partial charge >= 0.3 is 0 Å². The molecule has 3 atom stereocenters. The van der Waals surface area contributed by atoms with Crippen molar-refractivity contribution >= 4 is 11.6 Å². The molecular formula is C16H22N2O2. The van der Waals surface area contributed by atoms with E-state index in [0.29, 0.717) is 17.2 Å². The van der Waals surface area contributed by atoms with Crippen LogP contribution in [0, 0.1) is 18.3 Å². The van der Waals surface area contributed by atoms with Crippen molar-refractivity contribution in [3.05, 3.63) is 29.3 Å². The summed E-state index contributed by atoms with van der Waals surface area (Å²) in [5.74, 6) is 0.425. The monoisotopic (exact) mass is 274 g/mol. The largest absolute Gasteiger partial charge is 0.399 e. The lowest BCUT2D eigenvalue weighted by atomic mass is 9.57. The van der Waals surface area contributed by atoms with E-state index in [1.165, 1.54) is 0 Å². The molecule has 0 bridgehead atoms. The molecule has 4 nitrogen and oxygen atoms in total. The van der Waals surface area contributed by atoms with E-state index >= 15 is 0 Å². The summed E-state index contributed by atoms with van der Waals surface area (Å²) in [6.07, 6.45) is 1.32. The molecule has 1 aromatic rings. The van der Waals surface area contributed by atoms with Gasteiger partial charge < -0.3 is 15.8 Å². The number of carbonyl (C=O) groups is 1. The first-order chi connectivity index (χ1) is 9.41. The lowest BCUT2D eigenvalue weighted by Gasteiger charge is -2.54. The Bertz CT molecular complexity index is 553. The summed E-state index contributed by atoms with van der Waals surface area (Å²) >= 11 is 0. The van der Waals surface area contributed by atoms with E-state index in [9.17, 15) is 4.79 Å². The highest BCUT2D eigenvalue weighted by molar-refractivity contribution is 5.96. The maximum absolute atomic E-state index is 12.5. The fourth-order valence-corrected chi connectivity index (χ4v) is 3.72. The van der Waals surface area contributed by atoms with Gasteiger partial charge in [-0.25, -0.2) is 0 Å². The molecule has 3 rings (SSSR count). The lowest BCUT2D eigenvalue weighted by molar-refractivity contribution is -0.108. The Kier molecular flexibility index (Phi) is 3.01. The van der Waals surface area contributed by atoms with Crippen LogP contribution < -0.4 is 11.1 Å². The zero-order valence-electron chi connectivity index (χ0n) is 12.3. The van der Waals surface area contributed by atoms with Crippen molar-refractivity contribution < 1.29 is 9.53 Å². The summed E-state index contributed by atoms with van der Waals surface area (Å²) in [7, 11) is 0. The van der Waals surface area contributed by atoms with E-state index in [1.807, 2.05) is 19.1 Å². The lowest BCUT2D eigenvalue weighted by Crippen LogP contribution is -2.66. The molecule has 2 aliphatic rings. The van der Waals surface area contributed by atoms with Gasteiger partial charge in [-0.05, 0) is 31.0 Å². The molecule has 0 aromatic heterocycles. The number of ether oxygens (including phenoxy) is 1. The van der Waals surface area contributed by atoms with Crippen molar-refractivity contribution in [1.29, 1.82) is 0 Å². The first-order valence-electron chi connectivity index (χ1n) is 7.20. The summed E-state index contributed by atoms with van der Waals surface area (Å²) in [5.41, 5.74) is 8.03. The second-order valence-electron chi connectivity index (χ2n) is 6.59. The Labute approximate surface area is 119 Å². The number of aryl methyl sites for hydroxylation is 1. The van der Waals surface area contributed by atoms with Crippen LogP contribution in [0.1, 0.15) is 36.2 Å². The number of nitrogen functional groups attached to an aromatic ring is 1. The second kappa shape index (κ2) is 4.48. The van der Waals surface area contributed by atoms with Gasteiger partial charge in [0.15, 0.2) is 0 Å². The third-order valence-corrected chi connectivity index (χ3v) is 4.89. The van der Waals surface area contributed by atoms with Crippen LogP contribution in [0.2, 0.25) is 0 Å². The van der Waals surface area contributed by atoms with E-state index in [2.05, 4.69) is 19.2 Å². The minimum absolute atomic E-state index is 0.00502. The molecule has 1 aliphatic carbocycles. The molecule has 1 aromatic carbocycles. The molecule has 2 fully saturated rings. The Hall–Kier alpha value is -1.55. The highest BCUT2D eigenvalue weighted by atomic mass is 16.5. The molecule has 1 amide bonds. The van der Waals surface area contributed by atoms with Gasteiger partial charge in [-0.15, -0.1) is 0 Å². The number of benzene rings is 1. The molecule has 1 saturated heterocycles. The number of carbonyl (C=O) groups excluding carboxylic acids is 1. The summed E-state index contributed by atoms with van der Waals surface area (Å²) in [4.78, 5) is 12.5. The molecule has 20 heavy (non-hydrogen) atoms. The van der Waals surface area contributed by atoms with Crippen molar-refractivity contribution in [1.82, 2.24) is 5.32 Å². The van der Waals surface area contributed by atoms with Gasteiger partial charge in [-0.3, -0.25) is 4.79 Å². The van der Waals surface area contributed by atoms with E-state index in [4.69, 9.17) is 10.5 Å². The smallest absolute Gasteiger partial charge is 0.251 e. The van der Waals surface area contributed by atoms with Gasteiger partial charge in [0.25, 0.3) is 5.91 Å². The maximum Gasteiger partial charge on any atom is 0.251 e. The molecule has 3 unspecified atom stereocenters. The summed E-state index contributed by atoms with van der Waals surface area (Å²) in [6.45, 7) is 7.07. The number of nitrogens with two attached hydrogens (primary N) is 1. The molecule has 3 N–H and O–H groups in total. The average molecular weight is 274 g/mol. The zero-order valence-corrected chi connectivity index (χ0v) is 12.3. The van der Waals surface area contributed by atoms with Gasteiger partial charge in [-0.1, -0.05) is 19.9 Å². The summed E-state index contributed by atoms with van der Waals surface area (Å²) in [6, 6.07) is 5.64. The van der Waals surface area contributed by atoms with E-state index < -0.39 is 0 Å². The topological polar surface area (TPSA) is 64.4 Å². The highest BCUT2D eigenvalue weighted by Gasteiger charge is 2.59. The molecule has 1 aliphatic heterocycles. The number of nitrogens with one attached hydrogen (secondary N) is 1. The third kappa shape index (κ3) is 1.90. The SMILES string of the molecule is Cc1ccc(N)cc1C(=O)NC1C2CCOC2C1(C)C. The maximum atomic E-state index is 12.5. The number of amides is 1. The van der Waals surface area contributed by atoms with E-state index in [1.54, 1.807) is 6.07 Å². The Morgan fingerprint density at radius 3 is 2.95 bits per heavy atom. The fourth-order valence-electron chi connectivity index (χ4n) is 3.72. The fraction of sp³-hybridized carbons (Fsp3) is 0.562. The standard InChI is InChI=1S/C16H22N2O2/c1-9-4-5-10(17)8-12(9)15(19)18-13-11-6-7-20-14(11)16(13,2)3/h4-5,8,11,13-14H,6-7,17H2,1-3H3,(H,18,19). The van der Waals surface area contributed by atoms with Crippen molar-refractivity contribution in [2.75, 3.05) is 12.3 Å². The van der Waals surface area contributed by atoms with Crippen LogP contribution >= 0.6 is 0 Å². The normalized spacial score (nSPS) is 30.4. The zero-order chi connectivity index (χ0) is 14.5. The van der Waals surface area contributed by atoms with Gasteiger partial charge in [0, 0.05) is 35.2 Å². The van der Waals surface area contributed by atoms with Gasteiger partial charge in [0.05, 0.1) is 6.10 Å². The molecule has 0 radical (unpaired) electrons. The molecule has 1 saturated carbocycles.